The minimum absolute atomic E-state index is 0.359. The number of allylic oxidation sites excluding steroid dienone is 1. The minimum Gasteiger partial charge on any atom is -0.465 e. The van der Waals surface area contributed by atoms with E-state index in [0.29, 0.717) is 5.57 Å². The fraction of sp³-hybridized carbons (Fsp3) is 0.227. The average Bonchev–Trinajstić information content (AvgIpc) is 2.66. The van der Waals surface area contributed by atoms with Gasteiger partial charge in [0.15, 0.2) is 0 Å². The minimum atomic E-state index is -0.359. The van der Waals surface area contributed by atoms with Crippen LogP contribution in [0, 0.1) is 0 Å². The van der Waals surface area contributed by atoms with E-state index in [-0.39, 0.29) is 5.97 Å². The molecule has 0 aliphatic carbocycles. The Morgan fingerprint density at radius 3 is 1.92 bits per heavy atom. The van der Waals surface area contributed by atoms with Crippen molar-refractivity contribution in [2.45, 2.75) is 26.2 Å². The SMILES string of the molecule is C=C(C=CCCCC)C(=O)OC.c1ccc(-c2ccccc2)cc1. The molecule has 0 radical (unpaired) electrons. The van der Waals surface area contributed by atoms with E-state index in [4.69, 9.17) is 0 Å². The Kier molecular flexibility index (Phi) is 9.63. The molecule has 0 heterocycles. The van der Waals surface area contributed by atoms with Gasteiger partial charge >= 0.3 is 5.97 Å². The van der Waals surface area contributed by atoms with Gasteiger partial charge < -0.3 is 4.74 Å². The molecule has 0 fully saturated rings. The Hall–Kier alpha value is -2.61. The van der Waals surface area contributed by atoms with Crippen molar-refractivity contribution in [3.63, 3.8) is 0 Å². The summed E-state index contributed by atoms with van der Waals surface area (Å²) < 4.78 is 4.48. The summed E-state index contributed by atoms with van der Waals surface area (Å²) in [5, 5.41) is 0. The number of unbranched alkanes of at least 4 members (excludes halogenated alkanes) is 2. The van der Waals surface area contributed by atoms with Gasteiger partial charge in [-0.1, -0.05) is 99.2 Å². The van der Waals surface area contributed by atoms with Gasteiger partial charge in [0, 0.05) is 0 Å². The highest BCUT2D eigenvalue weighted by molar-refractivity contribution is 5.90. The summed E-state index contributed by atoms with van der Waals surface area (Å²) in [6.07, 6.45) is 6.96. The number of carbonyl (C=O) groups excluding carboxylic acids is 1. The second-order valence-electron chi connectivity index (χ2n) is 5.29. The molecule has 2 nitrogen and oxygen atoms in total. The monoisotopic (exact) mass is 322 g/mol. The molecule has 0 saturated heterocycles. The number of hydrogen-bond donors (Lipinski definition) is 0. The average molecular weight is 322 g/mol. The topological polar surface area (TPSA) is 26.3 Å². The molecular formula is C22H26O2. The van der Waals surface area contributed by atoms with Crippen LogP contribution in [0.4, 0.5) is 0 Å². The third kappa shape index (κ3) is 7.59. The van der Waals surface area contributed by atoms with E-state index in [9.17, 15) is 4.79 Å². The fourth-order valence-electron chi connectivity index (χ4n) is 2.01. The van der Waals surface area contributed by atoms with Crippen LogP contribution in [0.2, 0.25) is 0 Å². The zero-order chi connectivity index (χ0) is 17.6. The normalized spacial score (nSPS) is 9.92. The molecule has 0 amide bonds. The Morgan fingerprint density at radius 2 is 1.50 bits per heavy atom. The van der Waals surface area contributed by atoms with Crippen molar-refractivity contribution in [3.8, 4) is 11.1 Å². The number of carbonyl (C=O) groups is 1. The smallest absolute Gasteiger partial charge is 0.337 e. The highest BCUT2D eigenvalue weighted by atomic mass is 16.5. The lowest BCUT2D eigenvalue weighted by molar-refractivity contribution is -0.135. The second-order valence-corrected chi connectivity index (χ2v) is 5.29. The van der Waals surface area contributed by atoms with Gasteiger partial charge in [-0.05, 0) is 17.5 Å². The molecule has 0 N–H and O–H groups in total. The lowest BCUT2D eigenvalue weighted by atomic mass is 10.1. The van der Waals surface area contributed by atoms with Gasteiger partial charge in [-0.2, -0.15) is 0 Å². The van der Waals surface area contributed by atoms with Crippen LogP contribution in [-0.4, -0.2) is 13.1 Å². The molecule has 0 bridgehead atoms. The van der Waals surface area contributed by atoms with Gasteiger partial charge in [-0.15, -0.1) is 0 Å². The van der Waals surface area contributed by atoms with E-state index in [0.717, 1.165) is 19.3 Å². The molecule has 0 aliphatic heterocycles. The van der Waals surface area contributed by atoms with Crippen LogP contribution in [0.1, 0.15) is 26.2 Å². The zero-order valence-electron chi connectivity index (χ0n) is 14.6. The van der Waals surface area contributed by atoms with Crippen LogP contribution in [0.25, 0.3) is 11.1 Å². The lowest BCUT2D eigenvalue weighted by Crippen LogP contribution is -2.00. The summed E-state index contributed by atoms with van der Waals surface area (Å²) in [6.45, 7) is 5.69. The number of methoxy groups -OCH3 is 1. The number of ether oxygens (including phenoxy) is 1. The molecule has 0 unspecified atom stereocenters. The van der Waals surface area contributed by atoms with Gasteiger partial charge in [0.25, 0.3) is 0 Å². The molecular weight excluding hydrogens is 296 g/mol. The predicted molar refractivity (Wildman–Crippen MR) is 102 cm³/mol. The molecule has 126 valence electrons. The van der Waals surface area contributed by atoms with Gasteiger partial charge in [0.1, 0.15) is 0 Å². The first kappa shape index (κ1) is 19.4. The van der Waals surface area contributed by atoms with E-state index in [1.165, 1.54) is 18.2 Å². The van der Waals surface area contributed by atoms with Crippen LogP contribution in [0.3, 0.4) is 0 Å². The molecule has 2 rings (SSSR count). The standard InChI is InChI=1S/C12H10.C10H16O2/c1-3-7-11(8-4-1)12-9-5-2-6-10-12;1-4-5-6-7-8-9(2)10(11)12-3/h1-10H;7-8H,2,4-6H2,1,3H3. The molecule has 2 heteroatoms. The quantitative estimate of drug-likeness (QED) is 0.290. The van der Waals surface area contributed by atoms with Crippen LogP contribution in [0.15, 0.2) is 85.0 Å². The number of benzene rings is 2. The Labute approximate surface area is 145 Å². The third-order valence-electron chi connectivity index (χ3n) is 3.37. The highest BCUT2D eigenvalue weighted by Crippen LogP contribution is 2.17. The summed E-state index contributed by atoms with van der Waals surface area (Å²) >= 11 is 0. The maximum Gasteiger partial charge on any atom is 0.337 e. The highest BCUT2D eigenvalue weighted by Gasteiger charge is 2.00. The first-order valence-corrected chi connectivity index (χ1v) is 8.23. The van der Waals surface area contributed by atoms with Crippen molar-refractivity contribution in [1.82, 2.24) is 0 Å². The van der Waals surface area contributed by atoms with Crippen molar-refractivity contribution >= 4 is 5.97 Å². The molecule has 0 saturated carbocycles. The third-order valence-corrected chi connectivity index (χ3v) is 3.37. The first-order chi connectivity index (χ1) is 11.7. The number of rotatable bonds is 6. The van der Waals surface area contributed by atoms with Crippen molar-refractivity contribution in [2.24, 2.45) is 0 Å². The van der Waals surface area contributed by atoms with E-state index in [2.05, 4.69) is 66.8 Å². The van der Waals surface area contributed by atoms with Crippen molar-refractivity contribution in [1.29, 1.82) is 0 Å². The van der Waals surface area contributed by atoms with E-state index in [1.54, 1.807) is 6.08 Å². The molecule has 0 spiro atoms. The molecule has 2 aromatic rings. The van der Waals surface area contributed by atoms with E-state index < -0.39 is 0 Å². The first-order valence-electron chi connectivity index (χ1n) is 8.23. The summed E-state index contributed by atoms with van der Waals surface area (Å²) in [5.74, 6) is -0.359. The second kappa shape index (κ2) is 11.9. The van der Waals surface area contributed by atoms with Crippen molar-refractivity contribution in [3.05, 3.63) is 85.0 Å². The van der Waals surface area contributed by atoms with E-state index in [1.807, 2.05) is 18.2 Å². The van der Waals surface area contributed by atoms with Gasteiger partial charge in [-0.25, -0.2) is 4.79 Å². The summed E-state index contributed by atoms with van der Waals surface area (Å²) in [5.41, 5.74) is 2.96. The Bertz CT molecular complexity index is 590. The zero-order valence-corrected chi connectivity index (χ0v) is 14.6. The van der Waals surface area contributed by atoms with Crippen molar-refractivity contribution in [2.75, 3.05) is 7.11 Å². The molecule has 0 aliphatic rings. The lowest BCUT2D eigenvalue weighted by Gasteiger charge is -1.98. The van der Waals surface area contributed by atoms with E-state index >= 15 is 0 Å². The van der Waals surface area contributed by atoms with Gasteiger partial charge in [0.2, 0.25) is 0 Å². The summed E-state index contributed by atoms with van der Waals surface area (Å²) in [7, 11) is 1.35. The van der Waals surface area contributed by atoms with Gasteiger partial charge in [0.05, 0.1) is 12.7 Å². The number of esters is 1. The van der Waals surface area contributed by atoms with Gasteiger partial charge in [-0.3, -0.25) is 0 Å². The van der Waals surface area contributed by atoms with Crippen LogP contribution in [-0.2, 0) is 9.53 Å². The molecule has 2 aromatic carbocycles. The summed E-state index contributed by atoms with van der Waals surface area (Å²) in [6, 6.07) is 20.8. The number of hydrogen-bond acceptors (Lipinski definition) is 2. The maximum atomic E-state index is 10.8. The van der Waals surface area contributed by atoms with Crippen LogP contribution in [0.5, 0.6) is 0 Å². The fourth-order valence-corrected chi connectivity index (χ4v) is 2.01. The largest absolute Gasteiger partial charge is 0.465 e. The Morgan fingerprint density at radius 1 is 1.00 bits per heavy atom. The Balaban J connectivity index is 0.000000240. The molecule has 0 atom stereocenters. The van der Waals surface area contributed by atoms with Crippen molar-refractivity contribution < 1.29 is 9.53 Å². The molecule has 24 heavy (non-hydrogen) atoms. The predicted octanol–water partition coefficient (Wildman–Crippen LogP) is 5.82. The van der Waals surface area contributed by atoms with Crippen LogP contribution < -0.4 is 0 Å². The van der Waals surface area contributed by atoms with Crippen LogP contribution >= 0.6 is 0 Å². The molecule has 0 aromatic heterocycles. The maximum absolute atomic E-state index is 10.8. The summed E-state index contributed by atoms with van der Waals surface area (Å²) in [4.78, 5) is 10.8.